The van der Waals surface area contributed by atoms with Crippen molar-refractivity contribution in [1.82, 2.24) is 0 Å². The predicted octanol–water partition coefficient (Wildman–Crippen LogP) is 6.68. The maximum Gasteiger partial charge on any atom is -0.0233 e. The second-order valence-electron chi connectivity index (χ2n) is 6.19. The summed E-state index contributed by atoms with van der Waals surface area (Å²) in [4.78, 5) is 0. The Balaban J connectivity index is 1.98. The van der Waals surface area contributed by atoms with Crippen molar-refractivity contribution in [3.05, 3.63) is 24.3 Å². The summed E-state index contributed by atoms with van der Waals surface area (Å²) in [6.07, 6.45) is 25.0. The van der Waals surface area contributed by atoms with Crippen LogP contribution in [0.3, 0.4) is 0 Å². The van der Waals surface area contributed by atoms with Crippen molar-refractivity contribution in [2.75, 3.05) is 0 Å². The second-order valence-corrected chi connectivity index (χ2v) is 6.19. The van der Waals surface area contributed by atoms with E-state index in [9.17, 15) is 0 Å². The summed E-state index contributed by atoms with van der Waals surface area (Å²) in [7, 11) is 0. The molecule has 0 nitrogen and oxygen atoms in total. The van der Waals surface area contributed by atoms with Gasteiger partial charge in [-0.05, 0) is 57.3 Å². The average molecular weight is 262 g/mol. The van der Waals surface area contributed by atoms with Crippen LogP contribution in [0, 0.1) is 11.8 Å². The van der Waals surface area contributed by atoms with Gasteiger partial charge in [-0.15, -0.1) is 0 Å². The molecule has 0 atom stereocenters. The Kier molecular flexibility index (Phi) is 9.85. The molecule has 1 aliphatic rings. The molecule has 110 valence electrons. The third-order valence-electron chi connectivity index (χ3n) is 4.41. The Morgan fingerprint density at radius 1 is 0.789 bits per heavy atom. The van der Waals surface area contributed by atoms with Crippen molar-refractivity contribution in [1.29, 1.82) is 0 Å². The van der Waals surface area contributed by atoms with E-state index in [2.05, 4.69) is 38.2 Å². The molecule has 0 radical (unpaired) electrons. The highest BCUT2D eigenvalue weighted by molar-refractivity contribution is 4.95. The second kappa shape index (κ2) is 11.3. The number of rotatable bonds is 9. The highest BCUT2D eigenvalue weighted by Gasteiger charge is 2.16. The third-order valence-corrected chi connectivity index (χ3v) is 4.41. The highest BCUT2D eigenvalue weighted by Crippen LogP contribution is 2.30. The average Bonchev–Trinajstić information content (AvgIpc) is 2.44. The molecule has 0 unspecified atom stereocenters. The molecule has 0 aromatic heterocycles. The minimum atomic E-state index is 0.869. The Morgan fingerprint density at radius 3 is 2.00 bits per heavy atom. The summed E-state index contributed by atoms with van der Waals surface area (Å²) < 4.78 is 0. The third kappa shape index (κ3) is 8.29. The summed E-state index contributed by atoms with van der Waals surface area (Å²) in [5, 5.41) is 0. The molecule has 1 fully saturated rings. The molecule has 0 heterocycles. The first-order valence-electron chi connectivity index (χ1n) is 8.66. The summed E-state index contributed by atoms with van der Waals surface area (Å²) in [5.41, 5.74) is 0. The van der Waals surface area contributed by atoms with Crippen molar-refractivity contribution >= 4 is 0 Å². The van der Waals surface area contributed by atoms with E-state index in [1.54, 1.807) is 0 Å². The van der Waals surface area contributed by atoms with Crippen LogP contribution in [0.25, 0.3) is 0 Å². The summed E-state index contributed by atoms with van der Waals surface area (Å²) >= 11 is 0. The first-order valence-corrected chi connectivity index (χ1v) is 8.66. The lowest BCUT2D eigenvalue weighted by Gasteiger charge is -2.24. The van der Waals surface area contributed by atoms with Crippen LogP contribution in [0.4, 0.5) is 0 Å². The fourth-order valence-corrected chi connectivity index (χ4v) is 3.13. The van der Waals surface area contributed by atoms with Gasteiger partial charge < -0.3 is 0 Å². The van der Waals surface area contributed by atoms with Gasteiger partial charge in [-0.2, -0.15) is 0 Å². The fourth-order valence-electron chi connectivity index (χ4n) is 3.13. The van der Waals surface area contributed by atoms with Gasteiger partial charge in [-0.3, -0.25) is 0 Å². The van der Waals surface area contributed by atoms with E-state index in [0.29, 0.717) is 0 Å². The van der Waals surface area contributed by atoms with Gasteiger partial charge in [-0.1, -0.05) is 63.3 Å². The summed E-state index contributed by atoms with van der Waals surface area (Å²) in [5.74, 6) is 1.75. The Hall–Kier alpha value is -0.520. The van der Waals surface area contributed by atoms with E-state index >= 15 is 0 Å². The lowest BCUT2D eigenvalue weighted by molar-refractivity contribution is 0.356. The van der Waals surface area contributed by atoms with Gasteiger partial charge in [0.15, 0.2) is 0 Å². The number of unbranched alkanes of at least 4 members (excludes halogenated alkanes) is 6. The first kappa shape index (κ1) is 16.5. The normalized spacial score (nSPS) is 24.5. The maximum absolute atomic E-state index is 2.51. The Labute approximate surface area is 121 Å². The lowest BCUT2D eigenvalue weighted by Crippen LogP contribution is -2.11. The molecule has 0 N–H and O–H groups in total. The van der Waals surface area contributed by atoms with Crippen LogP contribution in [-0.2, 0) is 0 Å². The number of hydrogen-bond acceptors (Lipinski definition) is 0. The molecule has 0 aromatic rings. The molecule has 1 saturated carbocycles. The molecular weight excluding hydrogens is 228 g/mol. The van der Waals surface area contributed by atoms with Crippen LogP contribution in [-0.4, -0.2) is 0 Å². The topological polar surface area (TPSA) is 0 Å². The van der Waals surface area contributed by atoms with Gasteiger partial charge in [0.2, 0.25) is 0 Å². The minimum Gasteiger partial charge on any atom is -0.0914 e. The van der Waals surface area contributed by atoms with Crippen LogP contribution in [0.1, 0.15) is 84.5 Å². The molecule has 0 aromatic carbocycles. The minimum absolute atomic E-state index is 0.869. The summed E-state index contributed by atoms with van der Waals surface area (Å²) in [6, 6.07) is 0. The standard InChI is InChI=1S/C19H34/c1-3-5-6-7-8-9-10-11-13-19-16-14-18(12-4-2)15-17-19/h4,11-13,18-19H,3,5-10,14-17H2,1-2H3/b12-4+,13-11+. The van der Waals surface area contributed by atoms with Gasteiger partial charge in [0, 0.05) is 0 Å². The molecule has 19 heavy (non-hydrogen) atoms. The van der Waals surface area contributed by atoms with Gasteiger partial charge in [0.1, 0.15) is 0 Å². The first-order chi connectivity index (χ1) is 9.36. The van der Waals surface area contributed by atoms with Gasteiger partial charge >= 0.3 is 0 Å². The van der Waals surface area contributed by atoms with Crippen LogP contribution in [0.5, 0.6) is 0 Å². The van der Waals surface area contributed by atoms with E-state index < -0.39 is 0 Å². The zero-order chi connectivity index (χ0) is 13.8. The van der Waals surface area contributed by atoms with Crippen molar-refractivity contribution in [2.24, 2.45) is 11.8 Å². The molecule has 1 aliphatic carbocycles. The van der Waals surface area contributed by atoms with E-state index in [1.807, 2.05) is 0 Å². The highest BCUT2D eigenvalue weighted by atomic mass is 14.2. The predicted molar refractivity (Wildman–Crippen MR) is 87.4 cm³/mol. The van der Waals surface area contributed by atoms with Crippen LogP contribution in [0.15, 0.2) is 24.3 Å². The number of allylic oxidation sites excluding steroid dienone is 4. The smallest absolute Gasteiger partial charge is 0.0233 e. The van der Waals surface area contributed by atoms with Crippen LogP contribution in [0.2, 0.25) is 0 Å². The van der Waals surface area contributed by atoms with Crippen molar-refractivity contribution in [3.8, 4) is 0 Å². The van der Waals surface area contributed by atoms with Crippen molar-refractivity contribution in [3.63, 3.8) is 0 Å². The van der Waals surface area contributed by atoms with Gasteiger partial charge in [0.25, 0.3) is 0 Å². The molecule has 0 bridgehead atoms. The molecule has 0 heteroatoms. The van der Waals surface area contributed by atoms with E-state index in [1.165, 1.54) is 70.6 Å². The van der Waals surface area contributed by atoms with Crippen molar-refractivity contribution < 1.29 is 0 Å². The molecule has 0 spiro atoms. The van der Waals surface area contributed by atoms with Crippen LogP contribution < -0.4 is 0 Å². The fraction of sp³-hybridized carbons (Fsp3) is 0.789. The largest absolute Gasteiger partial charge is 0.0914 e. The molecule has 0 saturated heterocycles. The van der Waals surface area contributed by atoms with E-state index in [4.69, 9.17) is 0 Å². The van der Waals surface area contributed by atoms with Gasteiger partial charge in [0.05, 0.1) is 0 Å². The zero-order valence-electron chi connectivity index (χ0n) is 13.2. The van der Waals surface area contributed by atoms with E-state index in [0.717, 1.165) is 11.8 Å². The SMILES string of the molecule is C/C=C/C1CCC(/C=C/CCCCCCCC)CC1. The number of hydrogen-bond donors (Lipinski definition) is 0. The Bertz CT molecular complexity index is 241. The summed E-state index contributed by atoms with van der Waals surface area (Å²) in [6.45, 7) is 4.43. The van der Waals surface area contributed by atoms with E-state index in [-0.39, 0.29) is 0 Å². The quantitative estimate of drug-likeness (QED) is 0.321. The monoisotopic (exact) mass is 262 g/mol. The lowest BCUT2D eigenvalue weighted by atomic mass is 9.81. The van der Waals surface area contributed by atoms with Gasteiger partial charge in [-0.25, -0.2) is 0 Å². The maximum atomic E-state index is 2.51. The van der Waals surface area contributed by atoms with Crippen LogP contribution >= 0.6 is 0 Å². The molecule has 1 rings (SSSR count). The zero-order valence-corrected chi connectivity index (χ0v) is 13.2. The molecular formula is C19H34. The van der Waals surface area contributed by atoms with Crippen molar-refractivity contribution in [2.45, 2.75) is 84.5 Å². The Morgan fingerprint density at radius 2 is 1.37 bits per heavy atom. The molecule has 0 aliphatic heterocycles. The molecule has 0 amide bonds.